The summed E-state index contributed by atoms with van der Waals surface area (Å²) in [6.07, 6.45) is 1.59. The lowest BCUT2D eigenvalue weighted by molar-refractivity contribution is -0.123. The molecule has 0 saturated heterocycles. The number of benzene rings is 2. The first-order chi connectivity index (χ1) is 13.4. The second-order valence-electron chi connectivity index (χ2n) is 6.62. The molecule has 4 N–H and O–H groups in total. The molecule has 0 aliphatic heterocycles. The van der Waals surface area contributed by atoms with E-state index in [0.29, 0.717) is 5.56 Å². The quantitative estimate of drug-likeness (QED) is 0.513. The number of para-hydroxylation sites is 1. The highest BCUT2D eigenvalue weighted by Crippen LogP contribution is 2.18. The monoisotopic (exact) mass is 378 g/mol. The van der Waals surface area contributed by atoms with Crippen LogP contribution in [-0.2, 0) is 9.59 Å². The summed E-state index contributed by atoms with van der Waals surface area (Å²) in [6, 6.07) is 14.5. The second kappa shape index (κ2) is 8.39. The molecule has 7 heteroatoms. The molecule has 0 radical (unpaired) electrons. The predicted octanol–water partition coefficient (Wildman–Crippen LogP) is 2.50. The first kappa shape index (κ1) is 19.2. The third-order valence-electron chi connectivity index (χ3n) is 4.40. The number of hydrazine groups is 1. The zero-order chi connectivity index (χ0) is 20.1. The van der Waals surface area contributed by atoms with Crippen molar-refractivity contribution in [3.8, 4) is 0 Å². The van der Waals surface area contributed by atoms with E-state index in [2.05, 4.69) is 21.2 Å². The number of amides is 3. The van der Waals surface area contributed by atoms with Gasteiger partial charge in [0.25, 0.3) is 5.91 Å². The van der Waals surface area contributed by atoms with Gasteiger partial charge in [0.15, 0.2) is 0 Å². The minimum atomic E-state index is -0.483. The smallest absolute Gasteiger partial charge is 0.271 e. The maximum absolute atomic E-state index is 12.4. The van der Waals surface area contributed by atoms with Gasteiger partial charge in [-0.3, -0.25) is 25.2 Å². The molecule has 2 aromatic carbocycles. The van der Waals surface area contributed by atoms with E-state index in [1.165, 1.54) is 6.92 Å². The summed E-state index contributed by atoms with van der Waals surface area (Å²) in [4.78, 5) is 39.2. The standard InChI is InChI=1S/C21H22N4O3/c1-13-7-9-15(10-8-13)19(23-14(2)26)11-20(27)24-25-21(28)17-12-22-18-6-4-3-5-16(17)18/h3-10,12,19,22H,11H2,1-2H3,(H,23,26)(H,24,27)(H,25,28). The van der Waals surface area contributed by atoms with Gasteiger partial charge in [-0.15, -0.1) is 0 Å². The van der Waals surface area contributed by atoms with Gasteiger partial charge in [0.05, 0.1) is 18.0 Å². The van der Waals surface area contributed by atoms with Crippen molar-refractivity contribution in [1.29, 1.82) is 0 Å². The molecule has 144 valence electrons. The van der Waals surface area contributed by atoms with E-state index in [1.54, 1.807) is 6.20 Å². The molecule has 0 saturated carbocycles. The summed E-state index contributed by atoms with van der Waals surface area (Å²) in [6.45, 7) is 3.36. The second-order valence-corrected chi connectivity index (χ2v) is 6.62. The van der Waals surface area contributed by atoms with Crippen molar-refractivity contribution in [2.75, 3.05) is 0 Å². The molecule has 0 aliphatic carbocycles. The summed E-state index contributed by atoms with van der Waals surface area (Å²) in [5.74, 6) is -1.06. The van der Waals surface area contributed by atoms with Crippen LogP contribution in [0.5, 0.6) is 0 Å². The average Bonchev–Trinajstić information content (AvgIpc) is 3.10. The molecule has 0 fully saturated rings. The highest BCUT2D eigenvalue weighted by atomic mass is 16.2. The summed E-state index contributed by atoms with van der Waals surface area (Å²) in [7, 11) is 0. The molecule has 0 aliphatic rings. The number of nitrogens with one attached hydrogen (secondary N) is 4. The number of fused-ring (bicyclic) bond motifs is 1. The van der Waals surface area contributed by atoms with Crippen LogP contribution in [0.4, 0.5) is 0 Å². The maximum Gasteiger partial charge on any atom is 0.271 e. The molecule has 7 nitrogen and oxygen atoms in total. The zero-order valence-corrected chi connectivity index (χ0v) is 15.7. The van der Waals surface area contributed by atoms with Gasteiger partial charge in [-0.25, -0.2) is 0 Å². The Hall–Kier alpha value is -3.61. The van der Waals surface area contributed by atoms with Crippen LogP contribution >= 0.6 is 0 Å². The Bertz CT molecular complexity index is 1010. The SMILES string of the molecule is CC(=O)NC(CC(=O)NNC(=O)c1c[nH]c2ccccc12)c1ccc(C)cc1. The number of hydrogen-bond donors (Lipinski definition) is 4. The average molecular weight is 378 g/mol. The third kappa shape index (κ3) is 4.56. The van der Waals surface area contributed by atoms with Crippen molar-refractivity contribution >= 4 is 28.6 Å². The normalized spacial score (nSPS) is 11.6. The number of carbonyl (C=O) groups is 3. The zero-order valence-electron chi connectivity index (χ0n) is 15.7. The lowest BCUT2D eigenvalue weighted by atomic mass is 10.0. The number of carbonyl (C=O) groups excluding carboxylic acids is 3. The number of rotatable bonds is 5. The van der Waals surface area contributed by atoms with Gasteiger partial charge < -0.3 is 10.3 Å². The fraction of sp³-hybridized carbons (Fsp3) is 0.190. The molecule has 3 rings (SSSR count). The van der Waals surface area contributed by atoms with E-state index < -0.39 is 17.9 Å². The summed E-state index contributed by atoms with van der Waals surface area (Å²) in [5, 5.41) is 3.54. The lowest BCUT2D eigenvalue weighted by Crippen LogP contribution is -2.43. The van der Waals surface area contributed by atoms with Crippen molar-refractivity contribution in [3.05, 3.63) is 71.4 Å². The fourth-order valence-corrected chi connectivity index (χ4v) is 2.99. The summed E-state index contributed by atoms with van der Waals surface area (Å²) < 4.78 is 0. The molecule has 1 unspecified atom stereocenters. The highest BCUT2D eigenvalue weighted by Gasteiger charge is 2.18. The van der Waals surface area contributed by atoms with E-state index in [9.17, 15) is 14.4 Å². The van der Waals surface area contributed by atoms with E-state index in [-0.39, 0.29) is 12.3 Å². The number of hydrogen-bond acceptors (Lipinski definition) is 3. The van der Waals surface area contributed by atoms with Crippen LogP contribution in [0.15, 0.2) is 54.7 Å². The van der Waals surface area contributed by atoms with Crippen molar-refractivity contribution < 1.29 is 14.4 Å². The van der Waals surface area contributed by atoms with Crippen LogP contribution in [0.2, 0.25) is 0 Å². The molecular weight excluding hydrogens is 356 g/mol. The molecule has 1 atom stereocenters. The van der Waals surface area contributed by atoms with Gasteiger partial charge in [-0.05, 0) is 18.6 Å². The number of aryl methyl sites for hydroxylation is 1. The van der Waals surface area contributed by atoms with Gasteiger partial charge >= 0.3 is 0 Å². The number of aromatic amines is 1. The van der Waals surface area contributed by atoms with Gasteiger partial charge in [0, 0.05) is 24.0 Å². The lowest BCUT2D eigenvalue weighted by Gasteiger charge is -2.18. The molecule has 3 aromatic rings. The first-order valence-electron chi connectivity index (χ1n) is 8.93. The fourth-order valence-electron chi connectivity index (χ4n) is 2.99. The van der Waals surface area contributed by atoms with E-state index in [1.807, 2.05) is 55.5 Å². The third-order valence-corrected chi connectivity index (χ3v) is 4.40. The Kier molecular flexibility index (Phi) is 5.74. The van der Waals surface area contributed by atoms with Gasteiger partial charge in [-0.1, -0.05) is 48.0 Å². The van der Waals surface area contributed by atoms with Gasteiger partial charge in [-0.2, -0.15) is 0 Å². The Labute approximate surface area is 162 Å². The molecule has 1 aromatic heterocycles. The van der Waals surface area contributed by atoms with E-state index >= 15 is 0 Å². The maximum atomic E-state index is 12.4. The Balaban J connectivity index is 1.63. The molecule has 28 heavy (non-hydrogen) atoms. The Morgan fingerprint density at radius 3 is 2.43 bits per heavy atom. The van der Waals surface area contributed by atoms with Crippen molar-refractivity contribution in [2.24, 2.45) is 0 Å². The van der Waals surface area contributed by atoms with Crippen molar-refractivity contribution in [2.45, 2.75) is 26.3 Å². The minimum absolute atomic E-state index is 0.00317. The highest BCUT2D eigenvalue weighted by molar-refractivity contribution is 6.07. The topological polar surface area (TPSA) is 103 Å². The summed E-state index contributed by atoms with van der Waals surface area (Å²) >= 11 is 0. The van der Waals surface area contributed by atoms with Crippen LogP contribution in [0, 0.1) is 6.92 Å². The largest absolute Gasteiger partial charge is 0.360 e. The van der Waals surface area contributed by atoms with E-state index in [4.69, 9.17) is 0 Å². The molecule has 0 bridgehead atoms. The Morgan fingerprint density at radius 1 is 1.00 bits per heavy atom. The van der Waals surface area contributed by atoms with E-state index in [0.717, 1.165) is 22.0 Å². The predicted molar refractivity (Wildman–Crippen MR) is 106 cm³/mol. The van der Waals surface area contributed by atoms with Gasteiger partial charge in [0.1, 0.15) is 0 Å². The van der Waals surface area contributed by atoms with Crippen molar-refractivity contribution in [3.63, 3.8) is 0 Å². The summed E-state index contributed by atoms with van der Waals surface area (Å²) in [5.41, 5.74) is 8.02. The van der Waals surface area contributed by atoms with Gasteiger partial charge in [0.2, 0.25) is 11.8 Å². The molecule has 3 amide bonds. The number of aromatic nitrogens is 1. The van der Waals surface area contributed by atoms with Crippen molar-refractivity contribution in [1.82, 2.24) is 21.2 Å². The molecule has 1 heterocycles. The van der Waals surface area contributed by atoms with Crippen LogP contribution < -0.4 is 16.2 Å². The van der Waals surface area contributed by atoms with Crippen LogP contribution in [-0.4, -0.2) is 22.7 Å². The van der Waals surface area contributed by atoms with Crippen LogP contribution in [0.25, 0.3) is 10.9 Å². The minimum Gasteiger partial charge on any atom is -0.360 e. The number of H-pyrrole nitrogens is 1. The van der Waals surface area contributed by atoms with Crippen LogP contribution in [0.3, 0.4) is 0 Å². The molecular formula is C21H22N4O3. The Morgan fingerprint density at radius 2 is 1.71 bits per heavy atom. The molecule has 0 spiro atoms. The first-order valence-corrected chi connectivity index (χ1v) is 8.93. The van der Waals surface area contributed by atoms with Crippen LogP contribution in [0.1, 0.15) is 40.9 Å².